The van der Waals surface area contributed by atoms with Gasteiger partial charge in [-0.15, -0.1) is 0 Å². The molecule has 0 fully saturated rings. The highest BCUT2D eigenvalue weighted by atomic mass is 35.5. The monoisotopic (exact) mass is 455 g/mol. The second kappa shape index (κ2) is 10.3. The Morgan fingerprint density at radius 1 is 1.19 bits per heavy atom. The lowest BCUT2D eigenvalue weighted by Crippen LogP contribution is -2.21. The summed E-state index contributed by atoms with van der Waals surface area (Å²) >= 11 is 6.18. The third-order valence-electron chi connectivity index (χ3n) is 4.46. The second-order valence-electron chi connectivity index (χ2n) is 6.81. The minimum absolute atomic E-state index is 0.596. The summed E-state index contributed by atoms with van der Waals surface area (Å²) in [6.07, 6.45) is -2.56. The zero-order chi connectivity index (χ0) is 23.2. The van der Waals surface area contributed by atoms with E-state index in [2.05, 4.69) is 4.98 Å². The quantitative estimate of drug-likeness (QED) is 0.358. The molecular weight excluding hydrogens is 435 g/mol. The predicted molar refractivity (Wildman–Crippen MR) is 112 cm³/mol. The Balaban J connectivity index is 0.000000423. The third kappa shape index (κ3) is 6.49. The number of aliphatic carboxylic acids is 1. The summed E-state index contributed by atoms with van der Waals surface area (Å²) in [6, 6.07) is 11.9. The summed E-state index contributed by atoms with van der Waals surface area (Å²) in [6.45, 7) is 4.55. The lowest BCUT2D eigenvalue weighted by Gasteiger charge is -2.10. The minimum atomic E-state index is -5.08. The molecule has 5 nitrogen and oxygen atoms in total. The second-order valence-corrected chi connectivity index (χ2v) is 7.18. The Morgan fingerprint density at radius 2 is 1.77 bits per heavy atom. The van der Waals surface area contributed by atoms with Gasteiger partial charge in [0.15, 0.2) is 6.29 Å². The van der Waals surface area contributed by atoms with Crippen molar-refractivity contribution < 1.29 is 32.6 Å². The van der Waals surface area contributed by atoms with E-state index >= 15 is 0 Å². The van der Waals surface area contributed by atoms with Gasteiger partial charge >= 0.3 is 12.1 Å². The maximum atomic E-state index is 11.3. The number of para-hydroxylation sites is 1. The highest BCUT2D eigenvalue weighted by molar-refractivity contribution is 6.32. The molecule has 0 aliphatic carbocycles. The summed E-state index contributed by atoms with van der Waals surface area (Å²) in [5.74, 6) is -1.92. The van der Waals surface area contributed by atoms with Crippen LogP contribution in [-0.2, 0) is 11.2 Å². The summed E-state index contributed by atoms with van der Waals surface area (Å²) in [4.78, 5) is 23.3. The van der Waals surface area contributed by atoms with E-state index in [4.69, 9.17) is 26.2 Å². The fourth-order valence-corrected chi connectivity index (χ4v) is 3.13. The Kier molecular flexibility index (Phi) is 8.10. The van der Waals surface area contributed by atoms with E-state index in [0.717, 1.165) is 57.5 Å². The fraction of sp³-hybridized carbons (Fsp3) is 0.273. The molecule has 0 unspecified atom stereocenters. The molecule has 3 aromatic rings. The maximum Gasteiger partial charge on any atom is 0.490 e. The normalized spacial score (nSPS) is 11.0. The van der Waals surface area contributed by atoms with Gasteiger partial charge < -0.3 is 14.8 Å². The van der Waals surface area contributed by atoms with Gasteiger partial charge in [-0.25, -0.2) is 4.79 Å². The Bertz CT molecular complexity index is 1050. The molecule has 0 bridgehead atoms. The van der Waals surface area contributed by atoms with Gasteiger partial charge in [-0.05, 0) is 61.6 Å². The number of fused-ring (bicyclic) bond motifs is 1. The first-order valence-electron chi connectivity index (χ1n) is 9.29. The molecule has 1 heterocycles. The van der Waals surface area contributed by atoms with Gasteiger partial charge in [-0.3, -0.25) is 4.79 Å². The van der Waals surface area contributed by atoms with Crippen LogP contribution in [-0.4, -0.2) is 35.1 Å². The van der Waals surface area contributed by atoms with Crippen LogP contribution >= 0.6 is 11.6 Å². The molecule has 31 heavy (non-hydrogen) atoms. The zero-order valence-corrected chi connectivity index (χ0v) is 17.6. The van der Waals surface area contributed by atoms with E-state index in [1.54, 1.807) is 0 Å². The standard InChI is InChI=1S/C20H20ClNO2.C2HF3O2/c1-13-10-15(11-14(2)20(13)21)24-9-5-7-17-16-6-3-4-8-18(16)22-19(17)12-23;3-2(4,5)1(6)7/h3-4,6,8,10-12,22H,5,7,9H2,1-2H3;(H,6,7). The van der Waals surface area contributed by atoms with Gasteiger partial charge in [0.25, 0.3) is 0 Å². The number of rotatable bonds is 6. The van der Waals surface area contributed by atoms with Gasteiger partial charge in [0.05, 0.1) is 12.3 Å². The topological polar surface area (TPSA) is 79.4 Å². The third-order valence-corrected chi connectivity index (χ3v) is 5.05. The van der Waals surface area contributed by atoms with Crippen LogP contribution in [0.4, 0.5) is 13.2 Å². The number of aromatic nitrogens is 1. The van der Waals surface area contributed by atoms with E-state index in [1.807, 2.05) is 50.2 Å². The van der Waals surface area contributed by atoms with Crippen molar-refractivity contribution in [1.82, 2.24) is 4.98 Å². The van der Waals surface area contributed by atoms with Crippen molar-refractivity contribution in [1.29, 1.82) is 0 Å². The number of hydrogen-bond donors (Lipinski definition) is 2. The molecule has 3 rings (SSSR count). The summed E-state index contributed by atoms with van der Waals surface area (Å²) in [5.41, 5.74) is 4.76. The number of carbonyl (C=O) groups excluding carboxylic acids is 1. The average molecular weight is 456 g/mol. The lowest BCUT2D eigenvalue weighted by atomic mass is 10.1. The number of alkyl halides is 3. The van der Waals surface area contributed by atoms with Crippen LogP contribution in [0, 0.1) is 13.8 Å². The van der Waals surface area contributed by atoms with Crippen molar-refractivity contribution in [3.05, 3.63) is 63.8 Å². The smallest absolute Gasteiger partial charge is 0.490 e. The van der Waals surface area contributed by atoms with Gasteiger partial charge in [0.1, 0.15) is 5.75 Å². The lowest BCUT2D eigenvalue weighted by molar-refractivity contribution is -0.192. The number of benzene rings is 2. The molecule has 2 N–H and O–H groups in total. The molecule has 1 aromatic heterocycles. The number of nitrogens with one attached hydrogen (secondary N) is 1. The van der Waals surface area contributed by atoms with E-state index in [0.29, 0.717) is 12.3 Å². The Morgan fingerprint density at radius 3 is 2.32 bits per heavy atom. The van der Waals surface area contributed by atoms with Crippen LogP contribution in [0.1, 0.15) is 33.6 Å². The highest BCUT2D eigenvalue weighted by Crippen LogP contribution is 2.26. The molecule has 0 atom stereocenters. The molecule has 166 valence electrons. The zero-order valence-electron chi connectivity index (χ0n) is 16.8. The predicted octanol–water partition coefficient (Wildman–Crippen LogP) is 5.90. The van der Waals surface area contributed by atoms with Gasteiger partial charge in [0, 0.05) is 15.9 Å². The van der Waals surface area contributed by atoms with Gasteiger partial charge in [0.2, 0.25) is 0 Å². The van der Waals surface area contributed by atoms with Crippen LogP contribution in [0.25, 0.3) is 10.9 Å². The van der Waals surface area contributed by atoms with Crippen LogP contribution in [0.15, 0.2) is 36.4 Å². The molecule has 0 saturated heterocycles. The van der Waals surface area contributed by atoms with Crippen molar-refractivity contribution in [2.24, 2.45) is 0 Å². The van der Waals surface area contributed by atoms with E-state index < -0.39 is 12.1 Å². The summed E-state index contributed by atoms with van der Waals surface area (Å²) < 4.78 is 37.6. The highest BCUT2D eigenvalue weighted by Gasteiger charge is 2.38. The van der Waals surface area contributed by atoms with Gasteiger partial charge in [-0.1, -0.05) is 29.8 Å². The number of H-pyrrole nitrogens is 1. The van der Waals surface area contributed by atoms with Crippen LogP contribution in [0.2, 0.25) is 5.02 Å². The number of carboxylic acids is 1. The van der Waals surface area contributed by atoms with Crippen molar-refractivity contribution in [3.8, 4) is 5.75 Å². The number of aldehydes is 1. The van der Waals surface area contributed by atoms with Gasteiger partial charge in [-0.2, -0.15) is 13.2 Å². The van der Waals surface area contributed by atoms with E-state index in [-0.39, 0.29) is 0 Å². The largest absolute Gasteiger partial charge is 0.494 e. The fourth-order valence-electron chi connectivity index (χ4n) is 3.02. The molecule has 2 aromatic carbocycles. The van der Waals surface area contributed by atoms with Crippen LogP contribution in [0.3, 0.4) is 0 Å². The number of ether oxygens (including phenoxy) is 1. The SMILES string of the molecule is Cc1cc(OCCCc2c(C=O)[nH]c3ccccc23)cc(C)c1Cl.O=C(O)C(F)(F)F. The first kappa shape index (κ1) is 24.3. The molecule has 0 aliphatic rings. The summed E-state index contributed by atoms with van der Waals surface area (Å²) in [7, 11) is 0. The van der Waals surface area contributed by atoms with Crippen molar-refractivity contribution in [3.63, 3.8) is 0 Å². The van der Waals surface area contributed by atoms with Crippen molar-refractivity contribution in [2.45, 2.75) is 32.9 Å². The minimum Gasteiger partial charge on any atom is -0.494 e. The van der Waals surface area contributed by atoms with Crippen molar-refractivity contribution >= 4 is 34.8 Å². The maximum absolute atomic E-state index is 11.3. The molecular formula is C22H21ClF3NO4. The number of aromatic amines is 1. The molecule has 0 spiro atoms. The average Bonchev–Trinajstić information content (AvgIpc) is 3.07. The Hall–Kier alpha value is -3.00. The van der Waals surface area contributed by atoms with Crippen LogP contribution in [0.5, 0.6) is 5.75 Å². The molecule has 0 saturated carbocycles. The first-order chi connectivity index (χ1) is 14.5. The molecule has 0 amide bonds. The first-order valence-corrected chi connectivity index (χ1v) is 9.66. The number of carboxylic acid groups (broad SMARTS) is 1. The number of hydrogen-bond acceptors (Lipinski definition) is 3. The van der Waals surface area contributed by atoms with Crippen LogP contribution < -0.4 is 4.74 Å². The molecule has 9 heteroatoms. The molecule has 0 aliphatic heterocycles. The molecule has 0 radical (unpaired) electrons. The number of carbonyl (C=O) groups is 2. The number of aryl methyl sites for hydroxylation is 3. The Labute approximate surface area is 181 Å². The summed E-state index contributed by atoms with van der Waals surface area (Å²) in [5, 5.41) is 9.02. The number of halogens is 4. The van der Waals surface area contributed by atoms with E-state index in [1.165, 1.54) is 0 Å². The van der Waals surface area contributed by atoms with Crippen molar-refractivity contribution in [2.75, 3.05) is 6.61 Å². The van der Waals surface area contributed by atoms with E-state index in [9.17, 15) is 18.0 Å².